The monoisotopic (exact) mass is 375 g/mol. The van der Waals surface area contributed by atoms with Crippen molar-refractivity contribution in [1.82, 2.24) is 10.2 Å². The summed E-state index contributed by atoms with van der Waals surface area (Å²) < 4.78 is 10.9. The molecule has 2 aromatic carbocycles. The number of H-pyrrole nitrogens is 1. The molecule has 0 aliphatic carbocycles. The molecule has 3 aromatic rings. The summed E-state index contributed by atoms with van der Waals surface area (Å²) in [6, 6.07) is 14.2. The predicted molar refractivity (Wildman–Crippen MR) is 108 cm³/mol. The number of hydrogen-bond donors (Lipinski definition) is 2. The van der Waals surface area contributed by atoms with Crippen LogP contribution in [0.15, 0.2) is 58.9 Å². The minimum absolute atomic E-state index is 0.351. The minimum Gasteiger partial charge on any atom is -0.491 e. The largest absolute Gasteiger partial charge is 0.491 e. The van der Waals surface area contributed by atoms with E-state index in [9.17, 15) is 0 Å². The van der Waals surface area contributed by atoms with Gasteiger partial charge in [0.25, 0.3) is 0 Å². The molecule has 3 heterocycles. The minimum atomic E-state index is -0.351. The Balaban J connectivity index is 1.19. The van der Waals surface area contributed by atoms with Crippen molar-refractivity contribution in [3.8, 4) is 5.75 Å². The standard InChI is InChI=1S/C21H21N5O2/c22-21(11-27-12-21)13-28-18-4-2-15(3-5-18)20-9-17(24-26-20)8-14-1-6-19-16(7-14)10-23-25-19/h1-7,10H,8-9,11-13,22H2,(H,23,25). The van der Waals surface area contributed by atoms with Crippen LogP contribution in [0.5, 0.6) is 5.75 Å². The Kier molecular flexibility index (Phi) is 4.18. The van der Waals surface area contributed by atoms with Crippen molar-refractivity contribution in [3.63, 3.8) is 0 Å². The van der Waals surface area contributed by atoms with Gasteiger partial charge in [0.2, 0.25) is 0 Å². The fourth-order valence-electron chi connectivity index (χ4n) is 3.41. The number of fused-ring (bicyclic) bond motifs is 1. The average Bonchev–Trinajstić information content (AvgIpc) is 3.34. The Morgan fingerprint density at radius 3 is 2.75 bits per heavy atom. The van der Waals surface area contributed by atoms with Gasteiger partial charge >= 0.3 is 0 Å². The van der Waals surface area contributed by atoms with Crippen LogP contribution in [0, 0.1) is 0 Å². The fraction of sp³-hybridized carbons (Fsp3) is 0.286. The Bertz CT molecular complexity index is 1060. The molecule has 0 radical (unpaired) electrons. The predicted octanol–water partition coefficient (Wildman–Crippen LogP) is 2.46. The lowest BCUT2D eigenvalue weighted by Crippen LogP contribution is -2.61. The van der Waals surface area contributed by atoms with Gasteiger partial charge in [-0.2, -0.15) is 15.3 Å². The maximum absolute atomic E-state index is 6.09. The van der Waals surface area contributed by atoms with Gasteiger partial charge in [-0.3, -0.25) is 5.10 Å². The molecule has 7 heteroatoms. The van der Waals surface area contributed by atoms with Gasteiger partial charge in [-0.15, -0.1) is 0 Å². The highest BCUT2D eigenvalue weighted by Crippen LogP contribution is 2.21. The van der Waals surface area contributed by atoms with Crippen LogP contribution < -0.4 is 10.5 Å². The first-order valence-electron chi connectivity index (χ1n) is 9.31. The van der Waals surface area contributed by atoms with Crippen LogP contribution >= 0.6 is 0 Å². The molecule has 1 saturated heterocycles. The van der Waals surface area contributed by atoms with Crippen molar-refractivity contribution < 1.29 is 9.47 Å². The summed E-state index contributed by atoms with van der Waals surface area (Å²) in [7, 11) is 0. The number of nitrogens with one attached hydrogen (secondary N) is 1. The Morgan fingerprint density at radius 1 is 1.11 bits per heavy atom. The molecule has 0 amide bonds. The SMILES string of the molecule is NC1(COc2ccc(C3=NN=C(Cc4ccc5[nH]ncc5c4)C3)cc2)COC1. The van der Waals surface area contributed by atoms with Crippen LogP contribution in [0.4, 0.5) is 0 Å². The van der Waals surface area contributed by atoms with Gasteiger partial charge < -0.3 is 15.2 Å². The molecule has 0 spiro atoms. The van der Waals surface area contributed by atoms with E-state index >= 15 is 0 Å². The number of nitrogens with zero attached hydrogens (tertiary/aromatic N) is 3. The summed E-state index contributed by atoms with van der Waals surface area (Å²) in [5.74, 6) is 0.800. The molecule has 2 aliphatic heterocycles. The highest BCUT2D eigenvalue weighted by atomic mass is 16.5. The Morgan fingerprint density at radius 2 is 1.96 bits per heavy atom. The van der Waals surface area contributed by atoms with E-state index < -0.39 is 0 Å². The third kappa shape index (κ3) is 3.42. The molecule has 0 atom stereocenters. The number of hydrogen-bond acceptors (Lipinski definition) is 6. The summed E-state index contributed by atoms with van der Waals surface area (Å²) in [4.78, 5) is 0. The quantitative estimate of drug-likeness (QED) is 0.691. The van der Waals surface area contributed by atoms with Crippen molar-refractivity contribution in [1.29, 1.82) is 0 Å². The summed E-state index contributed by atoms with van der Waals surface area (Å²) in [6.45, 7) is 1.56. The first kappa shape index (κ1) is 17.1. The highest BCUT2D eigenvalue weighted by Gasteiger charge is 2.35. The molecule has 0 saturated carbocycles. The first-order chi connectivity index (χ1) is 13.7. The number of aromatic amines is 1. The second-order valence-corrected chi connectivity index (χ2v) is 7.53. The van der Waals surface area contributed by atoms with Crippen molar-refractivity contribution in [2.45, 2.75) is 18.4 Å². The molecule has 142 valence electrons. The summed E-state index contributed by atoms with van der Waals surface area (Å²) in [5.41, 5.74) is 11.1. The first-order valence-corrected chi connectivity index (χ1v) is 9.31. The Hall–Kier alpha value is -3.03. The van der Waals surface area contributed by atoms with E-state index in [4.69, 9.17) is 15.2 Å². The molecule has 2 aliphatic rings. The lowest BCUT2D eigenvalue weighted by atomic mass is 10.00. The topological polar surface area (TPSA) is 97.9 Å². The second-order valence-electron chi connectivity index (χ2n) is 7.53. The van der Waals surface area contributed by atoms with Gasteiger partial charge in [0.1, 0.15) is 12.4 Å². The van der Waals surface area contributed by atoms with E-state index in [0.29, 0.717) is 19.8 Å². The number of ether oxygens (including phenoxy) is 2. The number of rotatable bonds is 6. The zero-order valence-electron chi connectivity index (χ0n) is 15.4. The maximum Gasteiger partial charge on any atom is 0.119 e. The van der Waals surface area contributed by atoms with Crippen molar-refractivity contribution in [3.05, 3.63) is 59.8 Å². The molecule has 1 fully saturated rings. The summed E-state index contributed by atoms with van der Waals surface area (Å²) in [6.07, 6.45) is 3.38. The van der Waals surface area contributed by atoms with E-state index in [1.807, 2.05) is 30.5 Å². The van der Waals surface area contributed by atoms with Crippen LogP contribution in [0.3, 0.4) is 0 Å². The molecular weight excluding hydrogens is 354 g/mol. The molecule has 0 bridgehead atoms. The van der Waals surface area contributed by atoms with Crippen molar-refractivity contribution >= 4 is 22.3 Å². The van der Waals surface area contributed by atoms with E-state index in [1.54, 1.807) is 0 Å². The van der Waals surface area contributed by atoms with E-state index in [2.05, 4.69) is 38.6 Å². The van der Waals surface area contributed by atoms with Gasteiger partial charge in [0.05, 0.1) is 41.9 Å². The molecule has 1 aromatic heterocycles. The maximum atomic E-state index is 6.09. The molecule has 5 rings (SSSR count). The molecule has 7 nitrogen and oxygen atoms in total. The normalized spacial score (nSPS) is 17.9. The summed E-state index contributed by atoms with van der Waals surface area (Å²) in [5, 5.41) is 16.9. The third-order valence-corrected chi connectivity index (χ3v) is 5.09. The average molecular weight is 375 g/mol. The van der Waals surface area contributed by atoms with E-state index in [1.165, 1.54) is 5.56 Å². The molecule has 28 heavy (non-hydrogen) atoms. The van der Waals surface area contributed by atoms with Crippen LogP contribution in [0.25, 0.3) is 10.9 Å². The fourth-order valence-corrected chi connectivity index (χ4v) is 3.41. The lowest BCUT2D eigenvalue weighted by molar-refractivity contribution is -0.0722. The number of nitrogens with two attached hydrogens (primary N) is 1. The van der Waals surface area contributed by atoms with Gasteiger partial charge in [-0.1, -0.05) is 6.07 Å². The number of benzene rings is 2. The van der Waals surface area contributed by atoms with E-state index in [0.717, 1.165) is 46.5 Å². The second kappa shape index (κ2) is 6.85. The Labute approximate surface area is 162 Å². The zero-order valence-corrected chi connectivity index (χ0v) is 15.4. The van der Waals surface area contributed by atoms with Crippen LogP contribution in [-0.2, 0) is 11.2 Å². The zero-order chi connectivity index (χ0) is 19.0. The van der Waals surface area contributed by atoms with Gasteiger partial charge in [0, 0.05) is 18.2 Å². The van der Waals surface area contributed by atoms with Crippen molar-refractivity contribution in [2.75, 3.05) is 19.8 Å². The highest BCUT2D eigenvalue weighted by molar-refractivity contribution is 6.15. The lowest BCUT2D eigenvalue weighted by Gasteiger charge is -2.37. The molecular formula is C21H21N5O2. The smallest absolute Gasteiger partial charge is 0.119 e. The number of aromatic nitrogens is 2. The van der Waals surface area contributed by atoms with Crippen LogP contribution in [0.2, 0.25) is 0 Å². The van der Waals surface area contributed by atoms with Crippen LogP contribution in [-0.4, -0.2) is 47.0 Å². The molecule has 3 N–H and O–H groups in total. The van der Waals surface area contributed by atoms with Gasteiger partial charge in [-0.05, 0) is 47.5 Å². The van der Waals surface area contributed by atoms with Gasteiger partial charge in [0.15, 0.2) is 0 Å². The van der Waals surface area contributed by atoms with E-state index in [-0.39, 0.29) is 5.54 Å². The third-order valence-electron chi connectivity index (χ3n) is 5.09. The van der Waals surface area contributed by atoms with Gasteiger partial charge in [-0.25, -0.2) is 0 Å². The summed E-state index contributed by atoms with van der Waals surface area (Å²) >= 11 is 0. The van der Waals surface area contributed by atoms with Crippen molar-refractivity contribution in [2.24, 2.45) is 15.9 Å². The van der Waals surface area contributed by atoms with Crippen LogP contribution in [0.1, 0.15) is 17.5 Å². The molecule has 0 unspecified atom stereocenters.